The van der Waals surface area contributed by atoms with Gasteiger partial charge in [-0.2, -0.15) is 0 Å². The van der Waals surface area contributed by atoms with Gasteiger partial charge in [0.25, 0.3) is 0 Å². The highest BCUT2D eigenvalue weighted by Crippen LogP contribution is 2.29. The summed E-state index contributed by atoms with van der Waals surface area (Å²) in [5.41, 5.74) is 1.28. The number of hydrogen-bond acceptors (Lipinski definition) is 2. The molecule has 1 aliphatic rings. The Balaban J connectivity index is 2.18. The standard InChI is InChI=1S/C13H15NO3/c15-9-14-7-5-10(6-8-14)11-3-1-2-4-12(11)13(16)17/h1-4,9-10H,5-8H2,(H,16,17). The van der Waals surface area contributed by atoms with Gasteiger partial charge in [0.1, 0.15) is 0 Å². The van der Waals surface area contributed by atoms with E-state index in [-0.39, 0.29) is 5.92 Å². The average Bonchev–Trinajstić information content (AvgIpc) is 2.39. The van der Waals surface area contributed by atoms with Crippen LogP contribution in [0.1, 0.15) is 34.7 Å². The largest absolute Gasteiger partial charge is 0.478 e. The fraction of sp³-hybridized carbons (Fsp3) is 0.385. The summed E-state index contributed by atoms with van der Waals surface area (Å²) in [5, 5.41) is 9.13. The van der Waals surface area contributed by atoms with Crippen LogP contribution >= 0.6 is 0 Å². The summed E-state index contributed by atoms with van der Waals surface area (Å²) in [6, 6.07) is 7.13. The fourth-order valence-corrected chi connectivity index (χ4v) is 2.36. The maximum absolute atomic E-state index is 11.1. The molecular formula is C13H15NO3. The number of carbonyl (C=O) groups is 2. The van der Waals surface area contributed by atoms with Crippen LogP contribution in [-0.2, 0) is 4.79 Å². The Bertz CT molecular complexity index is 422. The summed E-state index contributed by atoms with van der Waals surface area (Å²) in [5.74, 6) is -0.628. The number of carboxylic acid groups (broad SMARTS) is 1. The summed E-state index contributed by atoms with van der Waals surface area (Å²) in [6.45, 7) is 1.42. The zero-order valence-corrected chi connectivity index (χ0v) is 9.50. The Hall–Kier alpha value is -1.84. The van der Waals surface area contributed by atoms with E-state index in [9.17, 15) is 9.59 Å². The van der Waals surface area contributed by atoms with E-state index >= 15 is 0 Å². The predicted molar refractivity (Wildman–Crippen MR) is 63.0 cm³/mol. The van der Waals surface area contributed by atoms with Gasteiger partial charge in [0.15, 0.2) is 0 Å². The number of piperidine rings is 1. The lowest BCUT2D eigenvalue weighted by molar-refractivity contribution is -0.119. The topological polar surface area (TPSA) is 57.6 Å². The maximum Gasteiger partial charge on any atom is 0.335 e. The smallest absolute Gasteiger partial charge is 0.335 e. The minimum atomic E-state index is -0.876. The third-order valence-electron chi connectivity index (χ3n) is 3.31. The zero-order chi connectivity index (χ0) is 12.3. The molecule has 0 aromatic heterocycles. The molecule has 1 heterocycles. The van der Waals surface area contributed by atoms with E-state index in [4.69, 9.17) is 5.11 Å². The van der Waals surface area contributed by atoms with Crippen LogP contribution in [0, 0.1) is 0 Å². The van der Waals surface area contributed by atoms with Gasteiger partial charge in [0, 0.05) is 13.1 Å². The molecule has 0 spiro atoms. The molecule has 0 aliphatic carbocycles. The van der Waals surface area contributed by atoms with Gasteiger partial charge in [0.05, 0.1) is 5.56 Å². The number of likely N-dealkylation sites (tertiary alicyclic amines) is 1. The summed E-state index contributed by atoms with van der Waals surface area (Å²) in [7, 11) is 0. The average molecular weight is 233 g/mol. The molecule has 0 bridgehead atoms. The molecule has 90 valence electrons. The maximum atomic E-state index is 11.1. The summed E-state index contributed by atoms with van der Waals surface area (Å²) in [4.78, 5) is 23.5. The Kier molecular flexibility index (Phi) is 3.42. The first-order valence-electron chi connectivity index (χ1n) is 5.74. The molecule has 0 unspecified atom stereocenters. The third kappa shape index (κ3) is 2.46. The number of nitrogens with zero attached hydrogens (tertiary/aromatic N) is 1. The van der Waals surface area contributed by atoms with E-state index in [1.807, 2.05) is 12.1 Å². The highest BCUT2D eigenvalue weighted by atomic mass is 16.4. The fourth-order valence-electron chi connectivity index (χ4n) is 2.36. The van der Waals surface area contributed by atoms with Gasteiger partial charge >= 0.3 is 5.97 Å². The number of rotatable bonds is 3. The first-order chi connectivity index (χ1) is 8.22. The van der Waals surface area contributed by atoms with Crippen LogP contribution < -0.4 is 0 Å². The van der Waals surface area contributed by atoms with Gasteiger partial charge in [-0.1, -0.05) is 18.2 Å². The molecule has 2 rings (SSSR count). The Morgan fingerprint density at radius 2 is 1.94 bits per heavy atom. The molecule has 1 aliphatic heterocycles. The zero-order valence-electron chi connectivity index (χ0n) is 9.50. The second-order valence-electron chi connectivity index (χ2n) is 4.31. The number of amides is 1. The van der Waals surface area contributed by atoms with E-state index in [2.05, 4.69) is 0 Å². The Labute approximate surface area is 99.9 Å². The molecule has 17 heavy (non-hydrogen) atoms. The van der Waals surface area contributed by atoms with Crippen LogP contribution in [0.2, 0.25) is 0 Å². The lowest BCUT2D eigenvalue weighted by atomic mass is 9.86. The molecule has 0 saturated carbocycles. The van der Waals surface area contributed by atoms with Crippen LogP contribution in [0.25, 0.3) is 0 Å². The number of carbonyl (C=O) groups excluding carboxylic acids is 1. The van der Waals surface area contributed by atoms with Crippen molar-refractivity contribution in [1.82, 2.24) is 4.90 Å². The molecule has 1 aromatic carbocycles. The van der Waals surface area contributed by atoms with Crippen molar-refractivity contribution in [3.63, 3.8) is 0 Å². The van der Waals surface area contributed by atoms with Crippen molar-refractivity contribution in [3.8, 4) is 0 Å². The van der Waals surface area contributed by atoms with Gasteiger partial charge in [-0.05, 0) is 30.4 Å². The number of carboxylic acids is 1. The van der Waals surface area contributed by atoms with E-state index in [0.29, 0.717) is 18.7 Å². The van der Waals surface area contributed by atoms with Gasteiger partial charge in [-0.15, -0.1) is 0 Å². The van der Waals surface area contributed by atoms with E-state index in [1.54, 1.807) is 17.0 Å². The molecule has 1 aromatic rings. The van der Waals surface area contributed by atoms with Gasteiger partial charge in [-0.25, -0.2) is 4.79 Å². The molecule has 1 fully saturated rings. The van der Waals surface area contributed by atoms with Crippen LogP contribution in [0.4, 0.5) is 0 Å². The van der Waals surface area contributed by atoms with Crippen LogP contribution in [-0.4, -0.2) is 35.5 Å². The van der Waals surface area contributed by atoms with Crippen molar-refractivity contribution in [2.45, 2.75) is 18.8 Å². The van der Waals surface area contributed by atoms with Crippen molar-refractivity contribution in [1.29, 1.82) is 0 Å². The summed E-state index contributed by atoms with van der Waals surface area (Å²) >= 11 is 0. The van der Waals surface area contributed by atoms with E-state index in [0.717, 1.165) is 24.8 Å². The Morgan fingerprint density at radius 3 is 2.53 bits per heavy atom. The second-order valence-corrected chi connectivity index (χ2v) is 4.31. The van der Waals surface area contributed by atoms with Gasteiger partial charge in [0.2, 0.25) is 6.41 Å². The van der Waals surface area contributed by atoms with Crippen molar-refractivity contribution in [3.05, 3.63) is 35.4 Å². The lowest BCUT2D eigenvalue weighted by Crippen LogP contribution is -2.32. The van der Waals surface area contributed by atoms with Crippen LogP contribution in [0.15, 0.2) is 24.3 Å². The number of hydrogen-bond donors (Lipinski definition) is 1. The number of aromatic carboxylic acids is 1. The highest BCUT2D eigenvalue weighted by Gasteiger charge is 2.23. The first-order valence-corrected chi connectivity index (χ1v) is 5.74. The summed E-state index contributed by atoms with van der Waals surface area (Å²) in [6.07, 6.45) is 2.53. The molecule has 4 heteroatoms. The molecule has 0 atom stereocenters. The molecule has 1 amide bonds. The van der Waals surface area contributed by atoms with Crippen molar-refractivity contribution < 1.29 is 14.7 Å². The molecular weight excluding hydrogens is 218 g/mol. The van der Waals surface area contributed by atoms with Crippen LogP contribution in [0.3, 0.4) is 0 Å². The first kappa shape index (κ1) is 11.6. The van der Waals surface area contributed by atoms with Crippen molar-refractivity contribution in [2.24, 2.45) is 0 Å². The summed E-state index contributed by atoms with van der Waals surface area (Å²) < 4.78 is 0. The van der Waals surface area contributed by atoms with E-state index < -0.39 is 5.97 Å². The van der Waals surface area contributed by atoms with Gasteiger partial charge in [-0.3, -0.25) is 4.79 Å². The van der Waals surface area contributed by atoms with Crippen molar-refractivity contribution >= 4 is 12.4 Å². The molecule has 0 radical (unpaired) electrons. The van der Waals surface area contributed by atoms with Gasteiger partial charge < -0.3 is 10.0 Å². The predicted octanol–water partition coefficient (Wildman–Crippen LogP) is 1.72. The quantitative estimate of drug-likeness (QED) is 0.809. The minimum Gasteiger partial charge on any atom is -0.478 e. The molecule has 4 nitrogen and oxygen atoms in total. The third-order valence-corrected chi connectivity index (χ3v) is 3.31. The van der Waals surface area contributed by atoms with Crippen molar-refractivity contribution in [2.75, 3.05) is 13.1 Å². The van der Waals surface area contributed by atoms with Crippen LogP contribution in [0.5, 0.6) is 0 Å². The minimum absolute atomic E-state index is 0.249. The lowest BCUT2D eigenvalue weighted by Gasteiger charge is -2.30. The second kappa shape index (κ2) is 4.99. The SMILES string of the molecule is O=CN1CCC(c2ccccc2C(=O)O)CC1. The number of benzene rings is 1. The van der Waals surface area contributed by atoms with E-state index in [1.165, 1.54) is 0 Å². The molecule has 1 saturated heterocycles. The monoisotopic (exact) mass is 233 g/mol. The molecule has 1 N–H and O–H groups in total. The highest BCUT2D eigenvalue weighted by molar-refractivity contribution is 5.89. The normalized spacial score (nSPS) is 16.8. The Morgan fingerprint density at radius 1 is 1.29 bits per heavy atom.